The lowest BCUT2D eigenvalue weighted by Gasteiger charge is -2.11. The number of carbonyl (C=O) groups is 1. The number of anilines is 1. The fourth-order valence-electron chi connectivity index (χ4n) is 4.41. The van der Waals surface area contributed by atoms with Crippen LogP contribution in [0.5, 0.6) is 0 Å². The number of imidazole rings is 1. The molecule has 3 rings (SSSR count). The van der Waals surface area contributed by atoms with E-state index in [0.717, 1.165) is 84.5 Å². The van der Waals surface area contributed by atoms with Gasteiger partial charge in [0.1, 0.15) is 11.3 Å². The van der Waals surface area contributed by atoms with Gasteiger partial charge in [0.25, 0.3) is 0 Å². The molecule has 3 aromatic rings. The topological polar surface area (TPSA) is 85.8 Å². The number of aryl methyl sites for hydroxylation is 1. The van der Waals surface area contributed by atoms with Crippen LogP contribution in [0.4, 0.5) is 5.82 Å². The average Bonchev–Trinajstić information content (AvgIpc) is 3.21. The molecule has 0 unspecified atom stereocenters. The first kappa shape index (κ1) is 26.5. The fourth-order valence-corrected chi connectivity index (χ4v) is 4.41. The van der Waals surface area contributed by atoms with Crippen LogP contribution in [0.1, 0.15) is 89.6 Å². The molecule has 6 heteroatoms. The van der Waals surface area contributed by atoms with E-state index in [2.05, 4.69) is 72.1 Å². The SMILES string of the molecule is C/C=c1\c(=C/CC)nc(N)c2nc(CCCC)n(Cc3ccc(CNC(=O)CCCCC)cc3)c12. The standard InChI is InChI=1S/C29H41N5O/c1-5-9-11-14-26(35)31-19-21-15-17-22(18-16-21)20-34-25(13-10-6-2)33-27-28(34)23(8-4)24(12-7-3)32-29(27)30/h8,12,15-18H,5-7,9-11,13-14,19-20H2,1-4H3,(H2,30,32)(H,31,35)/b23-8+,24-12+. The molecule has 3 N–H and O–H groups in total. The van der Waals surface area contributed by atoms with Gasteiger partial charge in [-0.15, -0.1) is 0 Å². The molecule has 0 atom stereocenters. The van der Waals surface area contributed by atoms with Gasteiger partial charge in [-0.3, -0.25) is 4.79 Å². The molecule has 0 spiro atoms. The summed E-state index contributed by atoms with van der Waals surface area (Å²) < 4.78 is 2.32. The minimum absolute atomic E-state index is 0.127. The van der Waals surface area contributed by atoms with Crippen molar-refractivity contribution in [1.82, 2.24) is 19.9 Å². The van der Waals surface area contributed by atoms with Gasteiger partial charge in [0.15, 0.2) is 5.82 Å². The first-order chi connectivity index (χ1) is 17.0. The summed E-state index contributed by atoms with van der Waals surface area (Å²) in [5, 5.41) is 5.05. The highest BCUT2D eigenvalue weighted by molar-refractivity contribution is 5.86. The summed E-state index contributed by atoms with van der Waals surface area (Å²) in [5.74, 6) is 1.67. The molecule has 0 saturated carbocycles. The van der Waals surface area contributed by atoms with Crippen LogP contribution in [0.3, 0.4) is 0 Å². The van der Waals surface area contributed by atoms with Crippen LogP contribution in [0.25, 0.3) is 23.2 Å². The molecule has 0 bridgehead atoms. The van der Waals surface area contributed by atoms with Gasteiger partial charge >= 0.3 is 0 Å². The van der Waals surface area contributed by atoms with Crippen molar-refractivity contribution in [3.05, 3.63) is 51.8 Å². The van der Waals surface area contributed by atoms with E-state index in [4.69, 9.17) is 10.7 Å². The van der Waals surface area contributed by atoms with Gasteiger partial charge in [0.05, 0.1) is 10.9 Å². The van der Waals surface area contributed by atoms with Crippen molar-refractivity contribution in [3.63, 3.8) is 0 Å². The number of nitrogens with one attached hydrogen (secondary N) is 1. The van der Waals surface area contributed by atoms with E-state index in [-0.39, 0.29) is 5.91 Å². The highest BCUT2D eigenvalue weighted by atomic mass is 16.1. The van der Waals surface area contributed by atoms with E-state index in [1.54, 1.807) is 0 Å². The molecule has 1 amide bonds. The van der Waals surface area contributed by atoms with Crippen molar-refractivity contribution in [2.75, 3.05) is 5.73 Å². The number of aromatic nitrogens is 3. The summed E-state index contributed by atoms with van der Waals surface area (Å²) in [5.41, 5.74) is 10.5. The lowest BCUT2D eigenvalue weighted by atomic mass is 10.1. The normalized spacial score (nSPS) is 12.6. The predicted molar refractivity (Wildman–Crippen MR) is 146 cm³/mol. The number of nitrogen functional groups attached to an aromatic ring is 1. The molecule has 0 fully saturated rings. The van der Waals surface area contributed by atoms with Gasteiger partial charge in [-0.05, 0) is 37.3 Å². The number of nitrogens with two attached hydrogens (primary N) is 1. The van der Waals surface area contributed by atoms with E-state index in [0.29, 0.717) is 18.8 Å². The quantitative estimate of drug-likeness (QED) is 0.375. The van der Waals surface area contributed by atoms with Crippen LogP contribution in [-0.2, 0) is 24.3 Å². The molecule has 6 nitrogen and oxygen atoms in total. The Hall–Kier alpha value is -3.15. The molecule has 2 heterocycles. The summed E-state index contributed by atoms with van der Waals surface area (Å²) in [6.45, 7) is 9.79. The number of benzene rings is 1. The molecule has 0 aliphatic heterocycles. The van der Waals surface area contributed by atoms with Crippen LogP contribution < -0.4 is 21.6 Å². The zero-order valence-corrected chi connectivity index (χ0v) is 21.9. The lowest BCUT2D eigenvalue weighted by molar-refractivity contribution is -0.121. The Morgan fingerprint density at radius 1 is 1.03 bits per heavy atom. The Kier molecular flexibility index (Phi) is 9.88. The molecular formula is C29H41N5O. The summed E-state index contributed by atoms with van der Waals surface area (Å²) >= 11 is 0. The number of carbonyl (C=O) groups excluding carboxylic acids is 1. The van der Waals surface area contributed by atoms with Crippen LogP contribution in [-0.4, -0.2) is 20.4 Å². The van der Waals surface area contributed by atoms with Crippen molar-refractivity contribution in [2.45, 2.75) is 92.2 Å². The van der Waals surface area contributed by atoms with Crippen molar-refractivity contribution < 1.29 is 4.79 Å². The fraction of sp³-hybridized carbons (Fsp3) is 0.483. The molecule has 1 aromatic carbocycles. The second-order valence-corrected chi connectivity index (χ2v) is 9.16. The van der Waals surface area contributed by atoms with Crippen molar-refractivity contribution in [3.8, 4) is 0 Å². The second kappa shape index (κ2) is 13.1. The zero-order chi connectivity index (χ0) is 25.2. The van der Waals surface area contributed by atoms with E-state index < -0.39 is 0 Å². The Morgan fingerprint density at radius 2 is 1.74 bits per heavy atom. The molecule has 2 aromatic heterocycles. The summed E-state index contributed by atoms with van der Waals surface area (Å²) in [6, 6.07) is 8.50. The monoisotopic (exact) mass is 475 g/mol. The highest BCUT2D eigenvalue weighted by Crippen LogP contribution is 2.20. The number of amides is 1. The number of hydrogen-bond acceptors (Lipinski definition) is 4. The first-order valence-electron chi connectivity index (χ1n) is 13.2. The highest BCUT2D eigenvalue weighted by Gasteiger charge is 2.16. The number of fused-ring (bicyclic) bond motifs is 1. The van der Waals surface area contributed by atoms with Crippen molar-refractivity contribution >= 4 is 34.9 Å². The van der Waals surface area contributed by atoms with Crippen LogP contribution >= 0.6 is 0 Å². The molecule has 0 aliphatic rings. The second-order valence-electron chi connectivity index (χ2n) is 9.16. The van der Waals surface area contributed by atoms with Crippen LogP contribution in [0, 0.1) is 0 Å². The van der Waals surface area contributed by atoms with E-state index >= 15 is 0 Å². The Morgan fingerprint density at radius 3 is 2.40 bits per heavy atom. The molecule has 188 valence electrons. The maximum Gasteiger partial charge on any atom is 0.220 e. The third-order valence-corrected chi connectivity index (χ3v) is 6.36. The molecule has 0 radical (unpaired) electrons. The van der Waals surface area contributed by atoms with Crippen LogP contribution in [0.2, 0.25) is 0 Å². The molecule has 35 heavy (non-hydrogen) atoms. The lowest BCUT2D eigenvalue weighted by Crippen LogP contribution is -2.31. The van der Waals surface area contributed by atoms with Gasteiger partial charge in [-0.25, -0.2) is 9.97 Å². The van der Waals surface area contributed by atoms with Crippen molar-refractivity contribution in [2.24, 2.45) is 0 Å². The first-order valence-corrected chi connectivity index (χ1v) is 13.2. The van der Waals surface area contributed by atoms with Crippen LogP contribution in [0.15, 0.2) is 24.3 Å². The van der Waals surface area contributed by atoms with Gasteiger partial charge in [0, 0.05) is 31.1 Å². The third kappa shape index (κ3) is 6.71. The zero-order valence-electron chi connectivity index (χ0n) is 21.9. The number of unbranched alkanes of at least 4 members (excludes halogenated alkanes) is 3. The maximum atomic E-state index is 12.0. The van der Waals surface area contributed by atoms with Gasteiger partial charge in [-0.1, -0.05) is 76.5 Å². The average molecular weight is 476 g/mol. The molecule has 0 aliphatic carbocycles. The third-order valence-electron chi connectivity index (χ3n) is 6.36. The van der Waals surface area contributed by atoms with Gasteiger partial charge in [-0.2, -0.15) is 0 Å². The predicted octanol–water partition coefficient (Wildman–Crippen LogP) is 4.59. The minimum Gasteiger partial charge on any atom is -0.382 e. The number of rotatable bonds is 12. The summed E-state index contributed by atoms with van der Waals surface area (Å²) in [7, 11) is 0. The van der Waals surface area contributed by atoms with Gasteiger partial charge in [0.2, 0.25) is 5.91 Å². The number of pyridine rings is 1. The molecular weight excluding hydrogens is 434 g/mol. The van der Waals surface area contributed by atoms with Crippen molar-refractivity contribution in [1.29, 1.82) is 0 Å². The number of nitrogens with zero attached hydrogens (tertiary/aromatic N) is 3. The minimum atomic E-state index is 0.127. The largest absolute Gasteiger partial charge is 0.382 e. The maximum absolute atomic E-state index is 12.0. The number of hydrogen-bond donors (Lipinski definition) is 2. The van der Waals surface area contributed by atoms with E-state index in [9.17, 15) is 4.79 Å². The Balaban J connectivity index is 1.90. The van der Waals surface area contributed by atoms with Gasteiger partial charge < -0.3 is 15.6 Å². The van der Waals surface area contributed by atoms with E-state index in [1.165, 1.54) is 5.56 Å². The molecule has 0 saturated heterocycles. The summed E-state index contributed by atoms with van der Waals surface area (Å²) in [4.78, 5) is 21.6. The Labute approximate surface area is 209 Å². The van der Waals surface area contributed by atoms with E-state index in [1.807, 2.05) is 6.92 Å². The summed E-state index contributed by atoms with van der Waals surface area (Å²) in [6.07, 6.45) is 12.0. The Bertz CT molecular complexity index is 1240. The smallest absolute Gasteiger partial charge is 0.220 e.